The molecule has 2 heterocycles. The SMILES string of the molecule is CCc1cccc(C)c1NC(=O)[C@@H](C)n1cnc2sc(-c3ccccc3)cc2c1=O. The first-order valence-corrected chi connectivity index (χ1v) is 10.8. The average Bonchev–Trinajstić information content (AvgIpc) is 3.21. The minimum absolute atomic E-state index is 0.207. The molecule has 5 nitrogen and oxygen atoms in total. The van der Waals surface area contributed by atoms with Crippen molar-refractivity contribution in [2.75, 3.05) is 5.32 Å². The molecule has 1 amide bonds. The van der Waals surface area contributed by atoms with Crippen LogP contribution < -0.4 is 10.9 Å². The molecule has 1 atom stereocenters. The van der Waals surface area contributed by atoms with E-state index in [0.717, 1.165) is 33.7 Å². The number of thiophene rings is 1. The normalized spacial score (nSPS) is 12.1. The van der Waals surface area contributed by atoms with Gasteiger partial charge in [0.2, 0.25) is 5.91 Å². The Morgan fingerprint density at radius 3 is 2.67 bits per heavy atom. The van der Waals surface area contributed by atoms with E-state index in [1.165, 1.54) is 22.2 Å². The lowest BCUT2D eigenvalue weighted by Crippen LogP contribution is -2.32. The van der Waals surface area contributed by atoms with Gasteiger partial charge in [-0.1, -0.05) is 55.5 Å². The van der Waals surface area contributed by atoms with Gasteiger partial charge >= 0.3 is 0 Å². The van der Waals surface area contributed by atoms with Gasteiger partial charge in [-0.25, -0.2) is 4.98 Å². The maximum atomic E-state index is 13.1. The largest absolute Gasteiger partial charge is 0.324 e. The summed E-state index contributed by atoms with van der Waals surface area (Å²) in [5.74, 6) is -0.235. The summed E-state index contributed by atoms with van der Waals surface area (Å²) in [5.41, 5.74) is 3.73. The molecule has 0 aliphatic heterocycles. The van der Waals surface area contributed by atoms with Gasteiger partial charge in [0.1, 0.15) is 10.9 Å². The highest BCUT2D eigenvalue weighted by molar-refractivity contribution is 7.21. The van der Waals surface area contributed by atoms with Gasteiger partial charge in [-0.2, -0.15) is 0 Å². The second kappa shape index (κ2) is 8.24. The van der Waals surface area contributed by atoms with Crippen LogP contribution in [0.3, 0.4) is 0 Å². The number of nitrogens with one attached hydrogen (secondary N) is 1. The molecule has 4 rings (SSSR count). The summed E-state index contributed by atoms with van der Waals surface area (Å²) in [4.78, 5) is 32.2. The molecule has 2 aromatic heterocycles. The van der Waals surface area contributed by atoms with E-state index in [1.807, 2.05) is 61.5 Å². The Hall–Kier alpha value is -3.25. The van der Waals surface area contributed by atoms with Crippen LogP contribution in [0.5, 0.6) is 0 Å². The van der Waals surface area contributed by atoms with Crippen LogP contribution in [0.25, 0.3) is 20.7 Å². The number of nitrogens with zero attached hydrogens (tertiary/aromatic N) is 2. The van der Waals surface area contributed by atoms with Crippen LogP contribution >= 0.6 is 11.3 Å². The van der Waals surface area contributed by atoms with E-state index in [9.17, 15) is 9.59 Å². The van der Waals surface area contributed by atoms with Gasteiger partial charge < -0.3 is 5.32 Å². The smallest absolute Gasteiger partial charge is 0.262 e. The van der Waals surface area contributed by atoms with Crippen LogP contribution in [0.15, 0.2) is 65.7 Å². The first-order chi connectivity index (χ1) is 14.5. The Kier molecular flexibility index (Phi) is 5.50. The number of aromatic nitrogens is 2. The molecule has 30 heavy (non-hydrogen) atoms. The lowest BCUT2D eigenvalue weighted by molar-refractivity contribution is -0.118. The second-order valence-electron chi connectivity index (χ2n) is 7.28. The summed E-state index contributed by atoms with van der Waals surface area (Å²) in [6.07, 6.45) is 2.29. The van der Waals surface area contributed by atoms with E-state index in [-0.39, 0.29) is 11.5 Å². The Balaban J connectivity index is 1.67. The molecule has 0 unspecified atom stereocenters. The third-order valence-electron chi connectivity index (χ3n) is 5.32. The summed E-state index contributed by atoms with van der Waals surface area (Å²) in [7, 11) is 0. The number of rotatable bonds is 5. The quantitative estimate of drug-likeness (QED) is 0.486. The maximum Gasteiger partial charge on any atom is 0.262 e. The number of hydrogen-bond donors (Lipinski definition) is 1. The van der Waals surface area contributed by atoms with Crippen LogP contribution in [0.2, 0.25) is 0 Å². The topological polar surface area (TPSA) is 64.0 Å². The molecule has 0 aliphatic rings. The molecule has 1 N–H and O–H groups in total. The molecule has 152 valence electrons. The van der Waals surface area contributed by atoms with E-state index in [1.54, 1.807) is 6.92 Å². The molecule has 4 aromatic rings. The van der Waals surface area contributed by atoms with E-state index in [2.05, 4.69) is 17.2 Å². The molecule has 0 saturated carbocycles. The lowest BCUT2D eigenvalue weighted by Gasteiger charge is -2.18. The molecule has 0 radical (unpaired) electrons. The zero-order chi connectivity index (χ0) is 21.3. The Labute approximate surface area is 179 Å². The van der Waals surface area contributed by atoms with Crippen molar-refractivity contribution in [2.24, 2.45) is 0 Å². The van der Waals surface area contributed by atoms with Crippen LogP contribution in [0, 0.1) is 6.92 Å². The number of aryl methyl sites for hydroxylation is 2. The summed E-state index contributed by atoms with van der Waals surface area (Å²) in [5, 5.41) is 3.54. The second-order valence-corrected chi connectivity index (χ2v) is 8.31. The molecule has 0 bridgehead atoms. The van der Waals surface area contributed by atoms with E-state index in [4.69, 9.17) is 0 Å². The fourth-order valence-electron chi connectivity index (χ4n) is 3.51. The van der Waals surface area contributed by atoms with Crippen LogP contribution in [0.4, 0.5) is 5.69 Å². The third kappa shape index (κ3) is 3.66. The minimum atomic E-state index is -0.682. The van der Waals surface area contributed by atoms with Crippen molar-refractivity contribution >= 4 is 33.1 Å². The number of hydrogen-bond acceptors (Lipinski definition) is 4. The number of fused-ring (bicyclic) bond motifs is 1. The zero-order valence-electron chi connectivity index (χ0n) is 17.2. The molecule has 0 aliphatic carbocycles. The van der Waals surface area contributed by atoms with Gasteiger partial charge in [-0.3, -0.25) is 14.2 Å². The van der Waals surface area contributed by atoms with Crippen molar-refractivity contribution in [2.45, 2.75) is 33.2 Å². The lowest BCUT2D eigenvalue weighted by atomic mass is 10.1. The predicted molar refractivity (Wildman–Crippen MR) is 123 cm³/mol. The van der Waals surface area contributed by atoms with Gasteiger partial charge in [0, 0.05) is 10.6 Å². The molecular formula is C24H23N3O2S. The molecule has 0 fully saturated rings. The Morgan fingerprint density at radius 2 is 1.93 bits per heavy atom. The number of amides is 1. The van der Waals surface area contributed by atoms with Crippen molar-refractivity contribution in [3.8, 4) is 10.4 Å². The van der Waals surface area contributed by atoms with E-state index in [0.29, 0.717) is 10.2 Å². The number of benzene rings is 2. The molecule has 0 saturated heterocycles. The third-order valence-corrected chi connectivity index (χ3v) is 6.41. The highest BCUT2D eigenvalue weighted by Crippen LogP contribution is 2.31. The van der Waals surface area contributed by atoms with Gasteiger partial charge in [0.25, 0.3) is 5.56 Å². The molecule has 0 spiro atoms. The van der Waals surface area contributed by atoms with Crippen molar-refractivity contribution in [1.29, 1.82) is 0 Å². The highest BCUT2D eigenvalue weighted by atomic mass is 32.1. The fraction of sp³-hybridized carbons (Fsp3) is 0.208. The zero-order valence-corrected chi connectivity index (χ0v) is 18.0. The summed E-state index contributed by atoms with van der Waals surface area (Å²) in [6, 6.07) is 17.0. The number of anilines is 1. The summed E-state index contributed by atoms with van der Waals surface area (Å²) in [6.45, 7) is 5.74. The van der Waals surface area contributed by atoms with Crippen molar-refractivity contribution in [1.82, 2.24) is 9.55 Å². The van der Waals surface area contributed by atoms with Crippen molar-refractivity contribution in [3.05, 3.63) is 82.4 Å². The Morgan fingerprint density at radius 1 is 1.17 bits per heavy atom. The van der Waals surface area contributed by atoms with Gasteiger partial charge in [0.15, 0.2) is 0 Å². The van der Waals surface area contributed by atoms with Crippen LogP contribution in [0.1, 0.15) is 31.0 Å². The number of para-hydroxylation sites is 1. The van der Waals surface area contributed by atoms with Gasteiger partial charge in [-0.05, 0) is 43.0 Å². The first kappa shape index (κ1) is 20.0. The van der Waals surface area contributed by atoms with Crippen molar-refractivity contribution in [3.63, 3.8) is 0 Å². The van der Waals surface area contributed by atoms with Gasteiger partial charge in [-0.15, -0.1) is 11.3 Å². The summed E-state index contributed by atoms with van der Waals surface area (Å²) < 4.78 is 1.41. The molecular weight excluding hydrogens is 394 g/mol. The fourth-order valence-corrected chi connectivity index (χ4v) is 4.51. The number of carbonyl (C=O) groups is 1. The van der Waals surface area contributed by atoms with E-state index >= 15 is 0 Å². The maximum absolute atomic E-state index is 13.1. The number of carbonyl (C=O) groups excluding carboxylic acids is 1. The van der Waals surface area contributed by atoms with Crippen molar-refractivity contribution < 1.29 is 4.79 Å². The van der Waals surface area contributed by atoms with Gasteiger partial charge in [0.05, 0.1) is 11.7 Å². The van der Waals surface area contributed by atoms with Crippen LogP contribution in [-0.2, 0) is 11.2 Å². The monoisotopic (exact) mass is 417 g/mol. The minimum Gasteiger partial charge on any atom is -0.324 e. The predicted octanol–water partition coefficient (Wildman–Crippen LogP) is 5.20. The highest BCUT2D eigenvalue weighted by Gasteiger charge is 2.20. The van der Waals surface area contributed by atoms with Crippen LogP contribution in [-0.4, -0.2) is 15.5 Å². The molecule has 2 aromatic carbocycles. The molecule has 6 heteroatoms. The van der Waals surface area contributed by atoms with E-state index < -0.39 is 6.04 Å². The summed E-state index contributed by atoms with van der Waals surface area (Å²) >= 11 is 1.48. The standard InChI is InChI=1S/C24H23N3O2S/c1-4-17-12-8-9-15(2)21(17)26-22(28)16(3)27-14-25-23-19(24(27)29)13-20(30-23)18-10-6-5-7-11-18/h5-14,16H,4H2,1-3H3,(H,26,28)/t16-/m1/s1. The average molecular weight is 418 g/mol. The first-order valence-electron chi connectivity index (χ1n) is 9.95. The Bertz CT molecular complexity index is 1270.